The SMILES string of the molecule is Cc1nn(-c2ccccc2)c(C)c1C(=O)Nc1ccc2c(c1)OC1(CCCC1)O2. The van der Waals surface area contributed by atoms with Gasteiger partial charge in [0.1, 0.15) is 0 Å². The number of aromatic nitrogens is 2. The van der Waals surface area contributed by atoms with Gasteiger partial charge in [-0.1, -0.05) is 18.2 Å². The second kappa shape index (κ2) is 6.65. The summed E-state index contributed by atoms with van der Waals surface area (Å²) in [6, 6.07) is 15.4. The van der Waals surface area contributed by atoms with Gasteiger partial charge >= 0.3 is 0 Å². The van der Waals surface area contributed by atoms with Gasteiger partial charge < -0.3 is 14.8 Å². The molecule has 1 saturated carbocycles. The predicted octanol–water partition coefficient (Wildman–Crippen LogP) is 4.78. The lowest BCUT2D eigenvalue weighted by Crippen LogP contribution is -2.34. The number of ether oxygens (including phenoxy) is 2. The lowest BCUT2D eigenvalue weighted by Gasteiger charge is -2.21. The molecule has 1 fully saturated rings. The van der Waals surface area contributed by atoms with Gasteiger partial charge in [-0.05, 0) is 51.0 Å². The lowest BCUT2D eigenvalue weighted by molar-refractivity contribution is -0.0716. The number of nitrogens with one attached hydrogen (secondary N) is 1. The minimum atomic E-state index is -0.505. The van der Waals surface area contributed by atoms with Gasteiger partial charge in [0.25, 0.3) is 11.7 Å². The summed E-state index contributed by atoms with van der Waals surface area (Å²) in [5, 5.41) is 7.55. The highest BCUT2D eigenvalue weighted by atomic mass is 16.7. The highest BCUT2D eigenvalue weighted by Crippen LogP contribution is 2.47. The van der Waals surface area contributed by atoms with Gasteiger partial charge in [-0.3, -0.25) is 4.79 Å². The molecule has 0 saturated heterocycles. The molecule has 0 bridgehead atoms. The van der Waals surface area contributed by atoms with Gasteiger partial charge in [-0.15, -0.1) is 0 Å². The molecule has 0 atom stereocenters. The number of aryl methyl sites for hydroxylation is 1. The molecule has 1 aliphatic heterocycles. The second-order valence-electron chi connectivity index (χ2n) is 7.73. The van der Waals surface area contributed by atoms with Gasteiger partial charge in [-0.2, -0.15) is 5.10 Å². The number of para-hydroxylation sites is 1. The molecule has 1 aliphatic carbocycles. The van der Waals surface area contributed by atoms with E-state index in [1.807, 2.05) is 62.4 Å². The van der Waals surface area contributed by atoms with Crippen molar-refractivity contribution in [2.45, 2.75) is 45.3 Å². The zero-order chi connectivity index (χ0) is 20.0. The fourth-order valence-corrected chi connectivity index (χ4v) is 4.27. The summed E-state index contributed by atoms with van der Waals surface area (Å²) in [4.78, 5) is 13.0. The van der Waals surface area contributed by atoms with Crippen LogP contribution in [0.4, 0.5) is 5.69 Å². The molecular weight excluding hydrogens is 366 g/mol. The molecule has 0 radical (unpaired) electrons. The lowest BCUT2D eigenvalue weighted by atomic mass is 10.1. The third-order valence-corrected chi connectivity index (χ3v) is 5.68. The number of anilines is 1. The van der Waals surface area contributed by atoms with Crippen LogP contribution >= 0.6 is 0 Å². The Balaban J connectivity index is 1.39. The number of rotatable bonds is 3. The Kier molecular flexibility index (Phi) is 4.08. The number of carbonyl (C=O) groups excluding carboxylic acids is 1. The molecule has 1 spiro atoms. The number of carbonyl (C=O) groups is 1. The molecular formula is C23H23N3O3. The number of hydrogen-bond donors (Lipinski definition) is 1. The first-order chi connectivity index (χ1) is 14.0. The van der Waals surface area contributed by atoms with Crippen molar-refractivity contribution in [2.24, 2.45) is 0 Å². The van der Waals surface area contributed by atoms with Gasteiger partial charge in [-0.25, -0.2) is 4.68 Å². The van der Waals surface area contributed by atoms with E-state index in [9.17, 15) is 4.79 Å². The van der Waals surface area contributed by atoms with E-state index in [-0.39, 0.29) is 5.91 Å². The van der Waals surface area contributed by atoms with Crippen molar-refractivity contribution in [1.29, 1.82) is 0 Å². The van der Waals surface area contributed by atoms with Gasteiger partial charge in [0.2, 0.25) is 0 Å². The highest BCUT2D eigenvalue weighted by molar-refractivity contribution is 6.06. The Bertz CT molecular complexity index is 1080. The average molecular weight is 389 g/mol. The smallest absolute Gasteiger partial charge is 0.259 e. The Morgan fingerprint density at radius 2 is 1.76 bits per heavy atom. The third-order valence-electron chi connectivity index (χ3n) is 5.68. The van der Waals surface area contributed by atoms with Gasteiger partial charge in [0, 0.05) is 24.6 Å². The molecule has 2 aliphatic rings. The van der Waals surface area contributed by atoms with Crippen molar-refractivity contribution in [3.05, 3.63) is 65.5 Å². The molecule has 29 heavy (non-hydrogen) atoms. The molecule has 6 nitrogen and oxygen atoms in total. The van der Waals surface area contributed by atoms with Gasteiger partial charge in [0.15, 0.2) is 11.5 Å². The molecule has 0 unspecified atom stereocenters. The number of benzene rings is 2. The normalized spacial score (nSPS) is 16.3. The van der Waals surface area contributed by atoms with Crippen LogP contribution in [-0.4, -0.2) is 21.5 Å². The zero-order valence-electron chi connectivity index (χ0n) is 16.6. The fourth-order valence-electron chi connectivity index (χ4n) is 4.27. The van der Waals surface area contributed by atoms with Crippen molar-refractivity contribution in [3.63, 3.8) is 0 Å². The van der Waals surface area contributed by atoms with Crippen LogP contribution in [0.3, 0.4) is 0 Å². The number of nitrogens with zero attached hydrogens (tertiary/aromatic N) is 2. The Morgan fingerprint density at radius 3 is 2.52 bits per heavy atom. The summed E-state index contributed by atoms with van der Waals surface area (Å²) in [5.41, 5.74) is 3.68. The molecule has 5 rings (SSSR count). The molecule has 1 amide bonds. The van der Waals surface area contributed by atoms with E-state index in [1.165, 1.54) is 0 Å². The minimum absolute atomic E-state index is 0.184. The molecule has 1 N–H and O–H groups in total. The highest BCUT2D eigenvalue weighted by Gasteiger charge is 2.44. The van der Waals surface area contributed by atoms with E-state index in [0.717, 1.165) is 42.8 Å². The molecule has 2 heterocycles. The third kappa shape index (κ3) is 3.05. The molecule has 148 valence electrons. The summed E-state index contributed by atoms with van der Waals surface area (Å²) in [6.45, 7) is 3.76. The maximum Gasteiger partial charge on any atom is 0.259 e. The van der Waals surface area contributed by atoms with E-state index in [1.54, 1.807) is 4.68 Å². The van der Waals surface area contributed by atoms with Crippen LogP contribution in [0.1, 0.15) is 47.4 Å². The standard InChI is InChI=1S/C23H23N3O3/c1-15-21(16(2)26(25-15)18-8-4-3-5-9-18)22(27)24-17-10-11-19-20(14-17)29-23(28-19)12-6-7-13-23/h3-5,8-11,14H,6-7,12-13H2,1-2H3,(H,24,27). The second-order valence-corrected chi connectivity index (χ2v) is 7.73. The van der Waals surface area contributed by atoms with Gasteiger partial charge in [0.05, 0.1) is 22.6 Å². The Morgan fingerprint density at radius 1 is 1.03 bits per heavy atom. The maximum atomic E-state index is 13.0. The van der Waals surface area contributed by atoms with Crippen LogP contribution in [0.25, 0.3) is 5.69 Å². The van der Waals surface area contributed by atoms with Crippen molar-refractivity contribution >= 4 is 11.6 Å². The minimum Gasteiger partial charge on any atom is -0.448 e. The number of amides is 1. The Hall–Kier alpha value is -3.28. The first kappa shape index (κ1) is 17.8. The van der Waals surface area contributed by atoms with Crippen molar-refractivity contribution in [3.8, 4) is 17.2 Å². The number of hydrogen-bond acceptors (Lipinski definition) is 4. The van der Waals surface area contributed by atoms with Crippen molar-refractivity contribution in [1.82, 2.24) is 9.78 Å². The molecule has 6 heteroatoms. The van der Waals surface area contributed by atoms with E-state index < -0.39 is 5.79 Å². The summed E-state index contributed by atoms with van der Waals surface area (Å²) < 4.78 is 13.9. The maximum absolute atomic E-state index is 13.0. The van der Waals surface area contributed by atoms with Crippen LogP contribution < -0.4 is 14.8 Å². The molecule has 3 aromatic rings. The zero-order valence-corrected chi connectivity index (χ0v) is 16.6. The fraction of sp³-hybridized carbons (Fsp3) is 0.304. The van der Waals surface area contributed by atoms with Crippen molar-refractivity contribution in [2.75, 3.05) is 5.32 Å². The largest absolute Gasteiger partial charge is 0.448 e. The van der Waals surface area contributed by atoms with Crippen molar-refractivity contribution < 1.29 is 14.3 Å². The van der Waals surface area contributed by atoms with Crippen LogP contribution in [0.15, 0.2) is 48.5 Å². The Labute approximate surface area is 169 Å². The van der Waals surface area contributed by atoms with E-state index in [4.69, 9.17) is 9.47 Å². The molecule has 2 aromatic carbocycles. The van der Waals surface area contributed by atoms with E-state index in [0.29, 0.717) is 22.7 Å². The summed E-state index contributed by atoms with van der Waals surface area (Å²) in [6.07, 6.45) is 4.03. The molecule has 1 aromatic heterocycles. The van der Waals surface area contributed by atoms with Crippen LogP contribution in [0.2, 0.25) is 0 Å². The van der Waals surface area contributed by atoms with E-state index in [2.05, 4.69) is 10.4 Å². The summed E-state index contributed by atoms with van der Waals surface area (Å²) >= 11 is 0. The average Bonchev–Trinajstić information content (AvgIpc) is 3.39. The number of fused-ring (bicyclic) bond motifs is 1. The van der Waals surface area contributed by atoms with Crippen LogP contribution in [0.5, 0.6) is 11.5 Å². The first-order valence-corrected chi connectivity index (χ1v) is 10.00. The van der Waals surface area contributed by atoms with E-state index >= 15 is 0 Å². The van der Waals surface area contributed by atoms with Crippen LogP contribution in [0, 0.1) is 13.8 Å². The monoisotopic (exact) mass is 389 g/mol. The quantitative estimate of drug-likeness (QED) is 0.700. The van der Waals surface area contributed by atoms with Crippen LogP contribution in [-0.2, 0) is 0 Å². The summed E-state index contributed by atoms with van der Waals surface area (Å²) in [7, 11) is 0. The topological polar surface area (TPSA) is 65.4 Å². The first-order valence-electron chi connectivity index (χ1n) is 10.00. The predicted molar refractivity (Wildman–Crippen MR) is 110 cm³/mol. The summed E-state index contributed by atoms with van der Waals surface area (Å²) in [5.74, 6) is 0.749.